The van der Waals surface area contributed by atoms with Crippen molar-refractivity contribution >= 4 is 5.82 Å². The Morgan fingerprint density at radius 1 is 1.47 bits per heavy atom. The molecule has 3 nitrogen and oxygen atoms in total. The normalized spacial score (nSPS) is 25.5. The van der Waals surface area contributed by atoms with Crippen molar-refractivity contribution in [1.29, 1.82) is 0 Å². The van der Waals surface area contributed by atoms with E-state index < -0.39 is 0 Å². The Morgan fingerprint density at radius 2 is 2.33 bits per heavy atom. The van der Waals surface area contributed by atoms with Crippen LogP contribution in [0.3, 0.4) is 0 Å². The van der Waals surface area contributed by atoms with Gasteiger partial charge in [0.25, 0.3) is 0 Å². The SMILES string of the molecule is CC1CCC(Nc2ccc(CN)cn2)C1. The van der Waals surface area contributed by atoms with Crippen LogP contribution in [0.4, 0.5) is 5.82 Å². The van der Waals surface area contributed by atoms with E-state index >= 15 is 0 Å². The van der Waals surface area contributed by atoms with Gasteiger partial charge >= 0.3 is 0 Å². The van der Waals surface area contributed by atoms with Gasteiger partial charge in [-0.2, -0.15) is 0 Å². The standard InChI is InChI=1S/C12H19N3/c1-9-2-4-11(6-9)15-12-5-3-10(7-13)8-14-12/h3,5,8-9,11H,2,4,6-7,13H2,1H3,(H,14,15). The van der Waals surface area contributed by atoms with Crippen LogP contribution in [0.1, 0.15) is 31.7 Å². The van der Waals surface area contributed by atoms with Crippen molar-refractivity contribution in [2.75, 3.05) is 5.32 Å². The van der Waals surface area contributed by atoms with Gasteiger partial charge in [-0.1, -0.05) is 13.0 Å². The molecule has 0 aromatic carbocycles. The largest absolute Gasteiger partial charge is 0.367 e. The van der Waals surface area contributed by atoms with E-state index in [2.05, 4.69) is 17.2 Å². The molecule has 3 heteroatoms. The van der Waals surface area contributed by atoms with Crippen LogP contribution in [0.25, 0.3) is 0 Å². The summed E-state index contributed by atoms with van der Waals surface area (Å²) in [5, 5.41) is 3.47. The molecule has 0 bridgehead atoms. The van der Waals surface area contributed by atoms with Gasteiger partial charge in [0.05, 0.1) is 0 Å². The molecule has 0 amide bonds. The van der Waals surface area contributed by atoms with Crippen molar-refractivity contribution in [3.8, 4) is 0 Å². The zero-order valence-corrected chi connectivity index (χ0v) is 9.24. The first-order valence-corrected chi connectivity index (χ1v) is 5.69. The molecule has 1 heterocycles. The van der Waals surface area contributed by atoms with E-state index in [4.69, 9.17) is 5.73 Å². The molecule has 3 N–H and O–H groups in total. The highest BCUT2D eigenvalue weighted by atomic mass is 15.0. The number of aromatic nitrogens is 1. The Balaban J connectivity index is 1.93. The topological polar surface area (TPSA) is 50.9 Å². The molecule has 1 aromatic rings. The van der Waals surface area contributed by atoms with E-state index in [1.54, 1.807) is 0 Å². The minimum atomic E-state index is 0.563. The van der Waals surface area contributed by atoms with E-state index in [0.29, 0.717) is 12.6 Å². The second kappa shape index (κ2) is 4.62. The lowest BCUT2D eigenvalue weighted by Gasteiger charge is -2.13. The minimum absolute atomic E-state index is 0.563. The first-order chi connectivity index (χ1) is 7.28. The predicted molar refractivity (Wildman–Crippen MR) is 62.6 cm³/mol. The molecule has 82 valence electrons. The van der Waals surface area contributed by atoms with Crippen LogP contribution in [0, 0.1) is 5.92 Å². The lowest BCUT2D eigenvalue weighted by Crippen LogP contribution is -2.16. The van der Waals surface area contributed by atoms with Crippen molar-refractivity contribution in [3.05, 3.63) is 23.9 Å². The highest BCUT2D eigenvalue weighted by Crippen LogP contribution is 2.26. The molecule has 15 heavy (non-hydrogen) atoms. The number of nitrogens with zero attached hydrogens (tertiary/aromatic N) is 1. The first kappa shape index (κ1) is 10.4. The van der Waals surface area contributed by atoms with Gasteiger partial charge < -0.3 is 11.1 Å². The summed E-state index contributed by atoms with van der Waals surface area (Å²) in [4.78, 5) is 4.35. The molecule has 0 spiro atoms. The number of anilines is 1. The van der Waals surface area contributed by atoms with Gasteiger partial charge in [0.2, 0.25) is 0 Å². The Bertz CT molecular complexity index is 307. The zero-order valence-electron chi connectivity index (χ0n) is 9.24. The average Bonchev–Trinajstić information content (AvgIpc) is 2.65. The Hall–Kier alpha value is -1.09. The molecule has 0 aliphatic heterocycles. The van der Waals surface area contributed by atoms with Crippen LogP contribution in [0.5, 0.6) is 0 Å². The summed E-state index contributed by atoms with van der Waals surface area (Å²) in [7, 11) is 0. The predicted octanol–water partition coefficient (Wildman–Crippen LogP) is 2.14. The van der Waals surface area contributed by atoms with Crippen molar-refractivity contribution in [2.24, 2.45) is 11.7 Å². The molecular weight excluding hydrogens is 186 g/mol. The summed E-state index contributed by atoms with van der Waals surface area (Å²) in [5.74, 6) is 1.83. The maximum absolute atomic E-state index is 5.52. The average molecular weight is 205 g/mol. The molecular formula is C12H19N3. The van der Waals surface area contributed by atoms with E-state index in [9.17, 15) is 0 Å². The molecule has 2 atom stereocenters. The number of hydrogen-bond donors (Lipinski definition) is 2. The van der Waals surface area contributed by atoms with Crippen molar-refractivity contribution in [2.45, 2.75) is 38.8 Å². The highest BCUT2D eigenvalue weighted by Gasteiger charge is 2.20. The third-order valence-corrected chi connectivity index (χ3v) is 3.11. The molecule has 1 fully saturated rings. The smallest absolute Gasteiger partial charge is 0.126 e. The van der Waals surface area contributed by atoms with Crippen LogP contribution in [0.15, 0.2) is 18.3 Å². The summed E-state index contributed by atoms with van der Waals surface area (Å²) in [5.41, 5.74) is 6.60. The minimum Gasteiger partial charge on any atom is -0.367 e. The summed E-state index contributed by atoms with van der Waals surface area (Å²) in [6, 6.07) is 4.66. The summed E-state index contributed by atoms with van der Waals surface area (Å²) < 4.78 is 0. The van der Waals surface area contributed by atoms with E-state index in [1.807, 2.05) is 18.3 Å². The number of hydrogen-bond acceptors (Lipinski definition) is 3. The van der Waals surface area contributed by atoms with E-state index in [1.165, 1.54) is 19.3 Å². The number of nitrogens with one attached hydrogen (secondary N) is 1. The molecule has 0 saturated heterocycles. The van der Waals surface area contributed by atoms with E-state index in [-0.39, 0.29) is 0 Å². The summed E-state index contributed by atoms with van der Waals surface area (Å²) >= 11 is 0. The zero-order chi connectivity index (χ0) is 10.7. The van der Waals surface area contributed by atoms with Gasteiger partial charge in [-0.15, -0.1) is 0 Å². The second-order valence-electron chi connectivity index (χ2n) is 4.52. The van der Waals surface area contributed by atoms with Gasteiger partial charge in [0, 0.05) is 18.8 Å². The fraction of sp³-hybridized carbons (Fsp3) is 0.583. The maximum atomic E-state index is 5.52. The highest BCUT2D eigenvalue weighted by molar-refractivity contribution is 5.36. The van der Waals surface area contributed by atoms with Gasteiger partial charge in [-0.25, -0.2) is 4.98 Å². The van der Waals surface area contributed by atoms with Crippen molar-refractivity contribution in [1.82, 2.24) is 4.98 Å². The number of rotatable bonds is 3. The van der Waals surface area contributed by atoms with Crippen molar-refractivity contribution in [3.63, 3.8) is 0 Å². The fourth-order valence-corrected chi connectivity index (χ4v) is 2.18. The lowest BCUT2D eigenvalue weighted by atomic mass is 10.1. The Morgan fingerprint density at radius 3 is 2.87 bits per heavy atom. The third kappa shape index (κ3) is 2.69. The second-order valence-corrected chi connectivity index (χ2v) is 4.52. The maximum Gasteiger partial charge on any atom is 0.126 e. The number of pyridine rings is 1. The molecule has 1 saturated carbocycles. The molecule has 1 aromatic heterocycles. The quantitative estimate of drug-likeness (QED) is 0.795. The number of nitrogens with two attached hydrogens (primary N) is 1. The van der Waals surface area contributed by atoms with Gasteiger partial charge in [0.15, 0.2) is 0 Å². The summed E-state index contributed by atoms with van der Waals surface area (Å²) in [6.07, 6.45) is 5.71. The van der Waals surface area contributed by atoms with E-state index in [0.717, 1.165) is 17.3 Å². The fourth-order valence-electron chi connectivity index (χ4n) is 2.18. The van der Waals surface area contributed by atoms with Gasteiger partial charge in [-0.05, 0) is 36.8 Å². The molecule has 2 unspecified atom stereocenters. The van der Waals surface area contributed by atoms with Crippen LogP contribution >= 0.6 is 0 Å². The molecule has 0 radical (unpaired) electrons. The first-order valence-electron chi connectivity index (χ1n) is 5.69. The molecule has 1 aliphatic carbocycles. The van der Waals surface area contributed by atoms with Crippen LogP contribution < -0.4 is 11.1 Å². The monoisotopic (exact) mass is 205 g/mol. The van der Waals surface area contributed by atoms with Gasteiger partial charge in [0.1, 0.15) is 5.82 Å². The van der Waals surface area contributed by atoms with Crippen LogP contribution in [-0.4, -0.2) is 11.0 Å². The van der Waals surface area contributed by atoms with Crippen molar-refractivity contribution < 1.29 is 0 Å². The molecule has 2 rings (SSSR count). The third-order valence-electron chi connectivity index (χ3n) is 3.11. The van der Waals surface area contributed by atoms with Gasteiger partial charge in [-0.3, -0.25) is 0 Å². The summed E-state index contributed by atoms with van der Waals surface area (Å²) in [6.45, 7) is 2.88. The Kier molecular flexibility index (Phi) is 3.21. The Labute approximate surface area is 91.1 Å². The van der Waals surface area contributed by atoms with Crippen LogP contribution in [0.2, 0.25) is 0 Å². The lowest BCUT2D eigenvalue weighted by molar-refractivity contribution is 0.602. The van der Waals surface area contributed by atoms with Crippen LogP contribution in [-0.2, 0) is 6.54 Å². The molecule has 1 aliphatic rings.